The summed E-state index contributed by atoms with van der Waals surface area (Å²) in [6, 6.07) is 8.15. The van der Waals surface area contributed by atoms with Gasteiger partial charge < -0.3 is 20.9 Å². The van der Waals surface area contributed by atoms with Gasteiger partial charge in [-0.1, -0.05) is 6.07 Å². The Morgan fingerprint density at radius 2 is 2.00 bits per heavy atom. The van der Waals surface area contributed by atoms with Crippen molar-refractivity contribution >= 4 is 18.3 Å². The molecule has 0 saturated heterocycles. The highest BCUT2D eigenvalue weighted by molar-refractivity contribution is 5.94. The van der Waals surface area contributed by atoms with Crippen molar-refractivity contribution in [2.24, 2.45) is 5.73 Å². The van der Waals surface area contributed by atoms with Crippen molar-refractivity contribution in [3.05, 3.63) is 53.2 Å². The third-order valence-corrected chi connectivity index (χ3v) is 4.57. The molecule has 29 heavy (non-hydrogen) atoms. The lowest BCUT2D eigenvalue weighted by molar-refractivity contribution is -0.141. The van der Waals surface area contributed by atoms with Gasteiger partial charge in [-0.3, -0.25) is 4.79 Å². The van der Waals surface area contributed by atoms with Crippen LogP contribution in [0.25, 0.3) is 0 Å². The number of rotatable bonds is 6. The lowest BCUT2D eigenvalue weighted by Gasteiger charge is -2.36. The fourth-order valence-electron chi connectivity index (χ4n) is 2.80. The Bertz CT molecular complexity index is 873. The second-order valence-electron chi connectivity index (χ2n) is 6.79. The van der Waals surface area contributed by atoms with Gasteiger partial charge in [-0.15, -0.1) is 12.4 Å². The number of nitrogens with two attached hydrogens (primary N) is 1. The molecule has 0 spiro atoms. The van der Waals surface area contributed by atoms with Crippen molar-refractivity contribution in [1.29, 1.82) is 0 Å². The van der Waals surface area contributed by atoms with Crippen LogP contribution in [0.3, 0.4) is 0 Å². The number of benzene rings is 1. The zero-order valence-corrected chi connectivity index (χ0v) is 16.1. The van der Waals surface area contributed by atoms with E-state index in [2.05, 4.69) is 10.3 Å². The van der Waals surface area contributed by atoms with Crippen molar-refractivity contribution in [2.75, 3.05) is 6.54 Å². The van der Waals surface area contributed by atoms with Crippen LogP contribution in [0.2, 0.25) is 0 Å². The number of carbonyl (C=O) groups is 1. The molecule has 0 atom stereocenters. The summed E-state index contributed by atoms with van der Waals surface area (Å²) in [6.07, 6.45) is -2.43. The molecule has 10 heteroatoms. The van der Waals surface area contributed by atoms with Crippen molar-refractivity contribution < 1.29 is 27.8 Å². The largest absolute Gasteiger partial charge is 0.439 e. The van der Waals surface area contributed by atoms with E-state index in [0.29, 0.717) is 12.8 Å². The van der Waals surface area contributed by atoms with E-state index in [-0.39, 0.29) is 48.3 Å². The number of pyridine rings is 1. The summed E-state index contributed by atoms with van der Waals surface area (Å²) in [5.41, 5.74) is 3.97. The highest BCUT2D eigenvalue weighted by Crippen LogP contribution is 2.32. The molecule has 1 aliphatic carbocycles. The minimum Gasteiger partial charge on any atom is -0.439 e. The third-order valence-electron chi connectivity index (χ3n) is 4.57. The Kier molecular flexibility index (Phi) is 7.10. The monoisotopic (exact) mass is 431 g/mol. The summed E-state index contributed by atoms with van der Waals surface area (Å²) >= 11 is 0. The second kappa shape index (κ2) is 8.98. The average molecular weight is 432 g/mol. The van der Waals surface area contributed by atoms with Gasteiger partial charge in [0, 0.05) is 24.7 Å². The lowest BCUT2D eigenvalue weighted by Crippen LogP contribution is -2.47. The van der Waals surface area contributed by atoms with E-state index < -0.39 is 23.4 Å². The number of nitrogens with zero attached hydrogens (tertiary/aromatic N) is 1. The van der Waals surface area contributed by atoms with Gasteiger partial charge in [0.2, 0.25) is 5.88 Å². The first-order valence-corrected chi connectivity index (χ1v) is 8.75. The summed E-state index contributed by atoms with van der Waals surface area (Å²) in [6.45, 7) is 0.0409. The Morgan fingerprint density at radius 3 is 2.59 bits per heavy atom. The average Bonchev–Trinajstić information content (AvgIpc) is 2.63. The number of hydrogen-bond acceptors (Lipinski definition) is 5. The molecule has 4 N–H and O–H groups in total. The summed E-state index contributed by atoms with van der Waals surface area (Å²) < 4.78 is 44.4. The van der Waals surface area contributed by atoms with Crippen LogP contribution in [0, 0.1) is 0 Å². The maximum absolute atomic E-state index is 13.0. The number of nitrogens with one attached hydrogen (secondary N) is 1. The van der Waals surface area contributed by atoms with E-state index in [1.165, 1.54) is 24.3 Å². The van der Waals surface area contributed by atoms with Crippen LogP contribution in [0.1, 0.15) is 40.9 Å². The summed E-state index contributed by atoms with van der Waals surface area (Å²) in [5, 5.41) is 12.7. The Hall–Kier alpha value is -2.36. The van der Waals surface area contributed by atoms with Crippen molar-refractivity contribution in [3.63, 3.8) is 0 Å². The number of ether oxygens (including phenoxy) is 1. The minimum atomic E-state index is -4.63. The summed E-state index contributed by atoms with van der Waals surface area (Å²) in [7, 11) is 0. The van der Waals surface area contributed by atoms with E-state index in [1.807, 2.05) is 0 Å². The predicted molar refractivity (Wildman–Crippen MR) is 102 cm³/mol. The van der Waals surface area contributed by atoms with Crippen LogP contribution in [0.15, 0.2) is 36.4 Å². The second-order valence-corrected chi connectivity index (χ2v) is 6.79. The predicted octanol–water partition coefficient (Wildman–Crippen LogP) is 3.42. The highest BCUT2D eigenvalue weighted by Gasteiger charge is 2.35. The van der Waals surface area contributed by atoms with Crippen LogP contribution in [0.4, 0.5) is 13.2 Å². The van der Waals surface area contributed by atoms with E-state index in [1.54, 1.807) is 6.07 Å². The minimum absolute atomic E-state index is 0. The van der Waals surface area contributed by atoms with Gasteiger partial charge in [0.1, 0.15) is 11.4 Å². The van der Waals surface area contributed by atoms with E-state index in [0.717, 1.165) is 12.5 Å². The normalized spacial score (nSPS) is 15.1. The molecular weight excluding hydrogens is 411 g/mol. The maximum Gasteiger partial charge on any atom is 0.433 e. The van der Waals surface area contributed by atoms with Crippen LogP contribution >= 0.6 is 12.4 Å². The van der Waals surface area contributed by atoms with Gasteiger partial charge in [-0.25, -0.2) is 4.98 Å². The zero-order valence-electron chi connectivity index (χ0n) is 15.3. The number of aliphatic hydroxyl groups is 1. The Labute approximate surface area is 171 Å². The first kappa shape index (κ1) is 22.9. The van der Waals surface area contributed by atoms with Crippen LogP contribution in [0.5, 0.6) is 11.6 Å². The van der Waals surface area contributed by atoms with Gasteiger partial charge in [-0.2, -0.15) is 13.2 Å². The van der Waals surface area contributed by atoms with Gasteiger partial charge in [0.15, 0.2) is 0 Å². The molecule has 158 valence electrons. The SMILES string of the molecule is Cl.NCc1cc(Oc2cccc(C(=O)NCC3(O)CCC3)c2)nc(C(F)(F)F)c1. The molecule has 6 nitrogen and oxygen atoms in total. The summed E-state index contributed by atoms with van der Waals surface area (Å²) in [5.74, 6) is -0.521. The molecule has 1 heterocycles. The lowest BCUT2D eigenvalue weighted by atomic mass is 9.80. The smallest absolute Gasteiger partial charge is 0.433 e. The Balaban J connectivity index is 0.00000300. The van der Waals surface area contributed by atoms with Gasteiger partial charge in [0.05, 0.1) is 5.60 Å². The van der Waals surface area contributed by atoms with Crippen LogP contribution in [-0.2, 0) is 12.7 Å². The fraction of sp³-hybridized carbons (Fsp3) is 0.368. The molecule has 1 aromatic carbocycles. The van der Waals surface area contributed by atoms with E-state index in [9.17, 15) is 23.1 Å². The molecule has 1 saturated carbocycles. The third kappa shape index (κ3) is 5.81. The van der Waals surface area contributed by atoms with Crippen molar-refractivity contribution in [1.82, 2.24) is 10.3 Å². The number of carbonyl (C=O) groups excluding carboxylic acids is 1. The molecule has 0 radical (unpaired) electrons. The molecule has 2 aromatic rings. The number of hydrogen-bond donors (Lipinski definition) is 3. The molecule has 0 unspecified atom stereocenters. The number of aromatic nitrogens is 1. The standard InChI is InChI=1S/C19H20F3N3O3.ClH/c20-19(21,22)15-7-12(10-23)8-16(25-15)28-14-4-1-3-13(9-14)17(26)24-11-18(27)5-2-6-18;/h1,3-4,7-9,27H,2,5-6,10-11,23H2,(H,24,26);1H. The van der Waals surface area contributed by atoms with Gasteiger partial charge >= 0.3 is 6.18 Å². The molecule has 1 fully saturated rings. The van der Waals surface area contributed by atoms with Crippen molar-refractivity contribution in [3.8, 4) is 11.6 Å². The van der Waals surface area contributed by atoms with Gasteiger partial charge in [0.25, 0.3) is 5.91 Å². The van der Waals surface area contributed by atoms with Gasteiger partial charge in [-0.05, 0) is 49.1 Å². The molecule has 0 bridgehead atoms. The topological polar surface area (TPSA) is 97.5 Å². The maximum atomic E-state index is 13.0. The van der Waals surface area contributed by atoms with E-state index >= 15 is 0 Å². The van der Waals surface area contributed by atoms with Crippen molar-refractivity contribution in [2.45, 2.75) is 37.6 Å². The zero-order chi connectivity index (χ0) is 20.4. The number of alkyl halides is 3. The first-order chi connectivity index (χ1) is 13.2. The van der Waals surface area contributed by atoms with Crippen LogP contribution in [-0.4, -0.2) is 28.1 Å². The molecule has 1 amide bonds. The molecule has 3 rings (SSSR count). The fourth-order valence-corrected chi connectivity index (χ4v) is 2.80. The number of halogens is 4. The Morgan fingerprint density at radius 1 is 1.28 bits per heavy atom. The van der Waals surface area contributed by atoms with Crippen LogP contribution < -0.4 is 15.8 Å². The molecule has 1 aliphatic rings. The molecule has 1 aromatic heterocycles. The molecule has 0 aliphatic heterocycles. The summed E-state index contributed by atoms with van der Waals surface area (Å²) in [4.78, 5) is 15.7. The number of amides is 1. The quantitative estimate of drug-likeness (QED) is 0.651. The molecular formula is C19H21ClF3N3O3. The first-order valence-electron chi connectivity index (χ1n) is 8.75. The van der Waals surface area contributed by atoms with E-state index in [4.69, 9.17) is 10.5 Å². The highest BCUT2D eigenvalue weighted by atomic mass is 35.5.